The zero-order chi connectivity index (χ0) is 11.0. The fourth-order valence-electron chi connectivity index (χ4n) is 3.33. The number of piperidine rings is 1. The van der Waals surface area contributed by atoms with Crippen molar-refractivity contribution in [2.45, 2.75) is 44.2 Å². The first-order valence-corrected chi connectivity index (χ1v) is 7.15. The van der Waals surface area contributed by atoms with E-state index in [9.17, 15) is 0 Å². The summed E-state index contributed by atoms with van der Waals surface area (Å²) < 4.78 is 1.21. The van der Waals surface area contributed by atoms with Crippen LogP contribution in [0.15, 0.2) is 28.7 Å². The van der Waals surface area contributed by atoms with E-state index in [0.29, 0.717) is 6.04 Å². The number of hydrogen-bond acceptors (Lipinski definition) is 1. The summed E-state index contributed by atoms with van der Waals surface area (Å²) in [5.74, 6) is 0. The molecule has 0 spiro atoms. The Morgan fingerprint density at radius 3 is 2.82 bits per heavy atom. The van der Waals surface area contributed by atoms with Crippen molar-refractivity contribution in [1.29, 1.82) is 0 Å². The smallest absolute Gasteiger partial charge is 0.0352 e. The molecule has 3 rings (SSSR count). The first-order chi connectivity index (χ1) is 7.84. The molecular formula is C14H19BrClN. The average Bonchev–Trinajstić information content (AvgIpc) is 2.72. The highest BCUT2D eigenvalue weighted by Crippen LogP contribution is 2.40. The first kappa shape index (κ1) is 13.4. The molecule has 2 saturated heterocycles. The lowest BCUT2D eigenvalue weighted by molar-refractivity contribution is 0.150. The van der Waals surface area contributed by atoms with E-state index in [4.69, 9.17) is 0 Å². The molecule has 2 aliphatic rings. The molecule has 0 saturated carbocycles. The maximum Gasteiger partial charge on any atom is 0.0352 e. The number of nitrogens with zero attached hydrogens (tertiary/aromatic N) is 1. The summed E-state index contributed by atoms with van der Waals surface area (Å²) in [7, 11) is 0. The molecule has 0 aliphatic carbocycles. The van der Waals surface area contributed by atoms with Crippen LogP contribution >= 0.6 is 28.3 Å². The van der Waals surface area contributed by atoms with E-state index in [-0.39, 0.29) is 12.4 Å². The van der Waals surface area contributed by atoms with Gasteiger partial charge in [-0.1, -0.05) is 34.5 Å². The van der Waals surface area contributed by atoms with Gasteiger partial charge in [0.1, 0.15) is 0 Å². The zero-order valence-corrected chi connectivity index (χ0v) is 12.3. The Hall–Kier alpha value is -0.0500. The number of hydrogen-bond donors (Lipinski definition) is 0. The van der Waals surface area contributed by atoms with E-state index in [1.54, 1.807) is 0 Å². The largest absolute Gasteiger partial charge is 0.293 e. The van der Waals surface area contributed by atoms with E-state index in [2.05, 4.69) is 45.1 Å². The summed E-state index contributed by atoms with van der Waals surface area (Å²) in [6.45, 7) is 1.31. The van der Waals surface area contributed by atoms with Gasteiger partial charge in [0.25, 0.3) is 0 Å². The van der Waals surface area contributed by atoms with Crippen LogP contribution in [0.2, 0.25) is 0 Å². The molecule has 1 nitrogen and oxygen atoms in total. The van der Waals surface area contributed by atoms with Crippen molar-refractivity contribution < 1.29 is 0 Å². The summed E-state index contributed by atoms with van der Waals surface area (Å²) in [5, 5.41) is 0. The van der Waals surface area contributed by atoms with Crippen molar-refractivity contribution in [2.75, 3.05) is 6.54 Å². The molecule has 0 aromatic heterocycles. The lowest BCUT2D eigenvalue weighted by atomic mass is 10.0. The minimum absolute atomic E-state index is 0. The maximum atomic E-state index is 3.58. The van der Waals surface area contributed by atoms with Crippen LogP contribution in [0.25, 0.3) is 0 Å². The van der Waals surface area contributed by atoms with Gasteiger partial charge in [-0.3, -0.25) is 4.90 Å². The van der Waals surface area contributed by atoms with Crippen molar-refractivity contribution in [3.8, 4) is 0 Å². The first-order valence-electron chi connectivity index (χ1n) is 6.36. The summed E-state index contributed by atoms with van der Waals surface area (Å²) >= 11 is 3.58. The van der Waals surface area contributed by atoms with Crippen LogP contribution in [-0.2, 0) is 0 Å². The van der Waals surface area contributed by atoms with Gasteiger partial charge >= 0.3 is 0 Å². The third-order valence-electron chi connectivity index (χ3n) is 4.08. The van der Waals surface area contributed by atoms with Crippen molar-refractivity contribution in [2.24, 2.45) is 0 Å². The molecule has 17 heavy (non-hydrogen) atoms. The Labute approximate surface area is 118 Å². The van der Waals surface area contributed by atoms with E-state index >= 15 is 0 Å². The minimum Gasteiger partial charge on any atom is -0.293 e. The molecule has 0 N–H and O–H groups in total. The van der Waals surface area contributed by atoms with Gasteiger partial charge in [0.2, 0.25) is 0 Å². The topological polar surface area (TPSA) is 3.24 Å². The van der Waals surface area contributed by atoms with Gasteiger partial charge in [0, 0.05) is 16.6 Å². The van der Waals surface area contributed by atoms with Crippen molar-refractivity contribution in [3.63, 3.8) is 0 Å². The van der Waals surface area contributed by atoms with Crippen LogP contribution in [0, 0.1) is 0 Å². The molecule has 0 amide bonds. The highest BCUT2D eigenvalue weighted by molar-refractivity contribution is 9.10. The Morgan fingerprint density at radius 2 is 2.00 bits per heavy atom. The highest BCUT2D eigenvalue weighted by atomic mass is 79.9. The normalized spacial score (nSPS) is 28.5. The summed E-state index contributed by atoms with van der Waals surface area (Å²) in [5.41, 5.74) is 1.50. The molecule has 1 aromatic rings. The standard InChI is InChI=1S/C14H18BrN.ClH/c15-12-5-3-4-11(10-12)14-8-7-13-6-1-2-9-16(13)14;/h3-5,10,13-14H,1-2,6-9H2;1H/t13-,14-;/m1./s1. The molecular weight excluding hydrogens is 298 g/mol. The second-order valence-electron chi connectivity index (χ2n) is 5.04. The van der Waals surface area contributed by atoms with Crippen LogP contribution in [0.5, 0.6) is 0 Å². The number of benzene rings is 1. The Kier molecular flexibility index (Phi) is 4.51. The third kappa shape index (κ3) is 2.69. The Balaban J connectivity index is 0.00000108. The maximum absolute atomic E-state index is 3.58. The summed E-state index contributed by atoms with van der Waals surface area (Å²) in [4.78, 5) is 2.74. The highest BCUT2D eigenvalue weighted by Gasteiger charge is 2.35. The predicted octanol–water partition coefficient (Wildman–Crippen LogP) is 4.56. The quantitative estimate of drug-likeness (QED) is 0.734. The van der Waals surface area contributed by atoms with Crippen molar-refractivity contribution >= 4 is 28.3 Å². The van der Waals surface area contributed by atoms with Gasteiger partial charge in [-0.05, 0) is 49.9 Å². The molecule has 0 bridgehead atoms. The van der Waals surface area contributed by atoms with Gasteiger partial charge in [0.05, 0.1) is 0 Å². The van der Waals surface area contributed by atoms with Gasteiger partial charge in [-0.25, -0.2) is 0 Å². The van der Waals surface area contributed by atoms with Gasteiger partial charge in [-0.2, -0.15) is 0 Å². The molecule has 0 radical (unpaired) electrons. The third-order valence-corrected chi connectivity index (χ3v) is 4.57. The van der Waals surface area contributed by atoms with Gasteiger partial charge in [0.15, 0.2) is 0 Å². The average molecular weight is 317 g/mol. The van der Waals surface area contributed by atoms with Crippen LogP contribution < -0.4 is 0 Å². The van der Waals surface area contributed by atoms with E-state index < -0.39 is 0 Å². The molecule has 2 fully saturated rings. The van der Waals surface area contributed by atoms with Gasteiger partial charge < -0.3 is 0 Å². The molecule has 2 atom stereocenters. The second-order valence-corrected chi connectivity index (χ2v) is 5.95. The molecule has 2 aliphatic heterocycles. The number of rotatable bonds is 1. The molecule has 94 valence electrons. The molecule has 3 heteroatoms. The zero-order valence-electron chi connectivity index (χ0n) is 9.94. The van der Waals surface area contributed by atoms with Crippen LogP contribution in [-0.4, -0.2) is 17.5 Å². The van der Waals surface area contributed by atoms with Crippen LogP contribution in [0.4, 0.5) is 0 Å². The molecule has 2 heterocycles. The Bertz CT molecular complexity index is 382. The predicted molar refractivity (Wildman–Crippen MR) is 77.7 cm³/mol. The lowest BCUT2D eigenvalue weighted by Gasteiger charge is -2.34. The van der Waals surface area contributed by atoms with Crippen molar-refractivity contribution in [1.82, 2.24) is 4.90 Å². The molecule has 0 unspecified atom stereocenters. The number of fused-ring (bicyclic) bond motifs is 1. The van der Waals surface area contributed by atoms with E-state index in [1.165, 1.54) is 48.7 Å². The summed E-state index contributed by atoms with van der Waals surface area (Å²) in [6, 6.07) is 10.4. The lowest BCUT2D eigenvalue weighted by Crippen LogP contribution is -2.35. The number of halogens is 2. The van der Waals surface area contributed by atoms with Crippen molar-refractivity contribution in [3.05, 3.63) is 34.3 Å². The SMILES string of the molecule is Brc1cccc([C@H]2CC[C@H]3CCCCN32)c1.Cl. The fourth-order valence-corrected chi connectivity index (χ4v) is 3.75. The Morgan fingerprint density at radius 1 is 1.12 bits per heavy atom. The fraction of sp³-hybridized carbons (Fsp3) is 0.571. The van der Waals surface area contributed by atoms with E-state index in [1.807, 2.05) is 0 Å². The second kappa shape index (κ2) is 5.73. The van der Waals surface area contributed by atoms with E-state index in [0.717, 1.165) is 6.04 Å². The monoisotopic (exact) mass is 315 g/mol. The molecule has 1 aromatic carbocycles. The van der Waals surface area contributed by atoms with Gasteiger partial charge in [-0.15, -0.1) is 12.4 Å². The van der Waals surface area contributed by atoms with Crippen LogP contribution in [0.3, 0.4) is 0 Å². The van der Waals surface area contributed by atoms with Crippen LogP contribution in [0.1, 0.15) is 43.7 Å². The summed E-state index contributed by atoms with van der Waals surface area (Å²) in [6.07, 6.45) is 7.00. The minimum atomic E-state index is 0.